The van der Waals surface area contributed by atoms with Crippen LogP contribution in [0.2, 0.25) is 5.15 Å². The molecule has 0 saturated carbocycles. The molecule has 0 aliphatic rings. The van der Waals surface area contributed by atoms with Crippen LogP contribution < -0.4 is 11.1 Å². The van der Waals surface area contributed by atoms with E-state index in [0.29, 0.717) is 0 Å². The summed E-state index contributed by atoms with van der Waals surface area (Å²) in [5.41, 5.74) is 5.00. The Balaban J connectivity index is 2.80. The number of aromatic nitrogens is 1. The minimum atomic E-state index is -1.13. The molecular weight excluding hydrogens is 286 g/mol. The van der Waals surface area contributed by atoms with Gasteiger partial charge < -0.3 is 10.5 Å². The summed E-state index contributed by atoms with van der Waals surface area (Å²) in [5.74, 6) is -1.85. The van der Waals surface area contributed by atoms with Crippen molar-refractivity contribution in [2.45, 2.75) is 20.0 Å². The van der Waals surface area contributed by atoms with Crippen molar-refractivity contribution >= 4 is 29.5 Å². The molecule has 3 amide bonds. The van der Waals surface area contributed by atoms with Crippen LogP contribution in [0.1, 0.15) is 24.2 Å². The van der Waals surface area contributed by atoms with Gasteiger partial charge in [-0.25, -0.2) is 14.6 Å². The molecule has 0 saturated heterocycles. The van der Waals surface area contributed by atoms with Gasteiger partial charge in [-0.2, -0.15) is 0 Å². The summed E-state index contributed by atoms with van der Waals surface area (Å²) in [4.78, 5) is 37.9. The SMILES string of the molecule is CC(C)[C@H](OC(=O)c1ccc(Cl)nc1)C(=O)NC(N)=O. The lowest BCUT2D eigenvalue weighted by molar-refractivity contribution is -0.130. The third kappa shape index (κ3) is 4.51. The van der Waals surface area contributed by atoms with Gasteiger partial charge in [-0.15, -0.1) is 0 Å². The van der Waals surface area contributed by atoms with Crippen molar-refractivity contribution in [1.29, 1.82) is 0 Å². The molecule has 0 spiro atoms. The van der Waals surface area contributed by atoms with Gasteiger partial charge in [-0.1, -0.05) is 25.4 Å². The van der Waals surface area contributed by atoms with E-state index >= 15 is 0 Å². The topological polar surface area (TPSA) is 111 Å². The first-order valence-corrected chi connectivity index (χ1v) is 6.12. The van der Waals surface area contributed by atoms with E-state index < -0.39 is 24.0 Å². The minimum absolute atomic E-state index is 0.145. The summed E-state index contributed by atoms with van der Waals surface area (Å²) in [6, 6.07) is 1.83. The molecule has 0 aliphatic heterocycles. The van der Waals surface area contributed by atoms with E-state index in [1.807, 2.05) is 5.32 Å². The normalized spacial score (nSPS) is 11.8. The summed E-state index contributed by atoms with van der Waals surface area (Å²) >= 11 is 5.60. The van der Waals surface area contributed by atoms with Crippen molar-refractivity contribution in [3.8, 4) is 0 Å². The number of carbonyl (C=O) groups excluding carboxylic acids is 3. The zero-order chi connectivity index (χ0) is 15.3. The maximum Gasteiger partial charge on any atom is 0.340 e. The third-order valence-corrected chi connectivity index (χ3v) is 2.53. The molecule has 1 aromatic heterocycles. The zero-order valence-corrected chi connectivity index (χ0v) is 11.7. The molecule has 0 unspecified atom stereocenters. The number of esters is 1. The lowest BCUT2D eigenvalue weighted by Gasteiger charge is -2.19. The summed E-state index contributed by atoms with van der Waals surface area (Å²) in [6.45, 7) is 3.33. The first-order chi connectivity index (χ1) is 9.31. The second kappa shape index (κ2) is 6.85. The molecule has 108 valence electrons. The van der Waals surface area contributed by atoms with Gasteiger partial charge in [0.2, 0.25) is 0 Å². The van der Waals surface area contributed by atoms with Gasteiger partial charge in [0, 0.05) is 6.20 Å². The Morgan fingerprint density at radius 2 is 2.00 bits per heavy atom. The summed E-state index contributed by atoms with van der Waals surface area (Å²) in [7, 11) is 0. The fraction of sp³-hybridized carbons (Fsp3) is 0.333. The van der Waals surface area contributed by atoms with E-state index in [1.54, 1.807) is 13.8 Å². The maximum absolute atomic E-state index is 11.9. The summed E-state index contributed by atoms with van der Waals surface area (Å²) < 4.78 is 5.06. The van der Waals surface area contributed by atoms with Gasteiger partial charge in [0.1, 0.15) is 5.15 Å². The lowest BCUT2D eigenvalue weighted by atomic mass is 10.1. The standard InChI is InChI=1S/C12H14ClN3O4/c1-6(2)9(10(17)16-12(14)19)20-11(18)7-3-4-8(13)15-5-7/h3-6,9H,1-2H3,(H3,14,16,17,19)/t9-/m0/s1. The molecular formula is C12H14ClN3O4. The summed E-state index contributed by atoms with van der Waals surface area (Å²) in [5, 5.41) is 2.11. The highest BCUT2D eigenvalue weighted by Crippen LogP contribution is 2.12. The number of nitrogens with zero attached hydrogens (tertiary/aromatic N) is 1. The zero-order valence-electron chi connectivity index (χ0n) is 10.9. The second-order valence-corrected chi connectivity index (χ2v) is 4.68. The van der Waals surface area contributed by atoms with Gasteiger partial charge in [0.05, 0.1) is 5.56 Å². The number of primary amides is 1. The van der Waals surface area contributed by atoms with Gasteiger partial charge in [0.15, 0.2) is 6.10 Å². The number of rotatable bonds is 4. The number of halogens is 1. The molecule has 1 heterocycles. The van der Waals surface area contributed by atoms with Crippen LogP contribution in [0.25, 0.3) is 0 Å². The number of carbonyl (C=O) groups is 3. The molecule has 1 rings (SSSR count). The number of pyridine rings is 1. The fourth-order valence-electron chi connectivity index (χ4n) is 1.36. The Hall–Kier alpha value is -2.15. The highest BCUT2D eigenvalue weighted by Gasteiger charge is 2.27. The average molecular weight is 300 g/mol. The van der Waals surface area contributed by atoms with Crippen LogP contribution >= 0.6 is 11.6 Å². The van der Waals surface area contributed by atoms with E-state index in [1.165, 1.54) is 18.3 Å². The number of hydrogen-bond acceptors (Lipinski definition) is 5. The number of nitrogens with two attached hydrogens (primary N) is 1. The molecule has 3 N–H and O–H groups in total. The Morgan fingerprint density at radius 3 is 2.45 bits per heavy atom. The third-order valence-electron chi connectivity index (χ3n) is 2.31. The molecule has 7 nitrogen and oxygen atoms in total. The van der Waals surface area contributed by atoms with Crippen LogP contribution in [0, 0.1) is 5.92 Å². The van der Waals surface area contributed by atoms with Crippen molar-refractivity contribution < 1.29 is 19.1 Å². The Kier molecular flexibility index (Phi) is 5.45. The molecule has 0 bridgehead atoms. The molecule has 1 aromatic rings. The van der Waals surface area contributed by atoms with E-state index in [0.717, 1.165) is 0 Å². The number of imide groups is 1. The average Bonchev–Trinajstić information content (AvgIpc) is 2.35. The maximum atomic E-state index is 11.9. The lowest BCUT2D eigenvalue weighted by Crippen LogP contribution is -2.45. The van der Waals surface area contributed by atoms with Crippen molar-refractivity contribution in [3.05, 3.63) is 29.0 Å². The smallest absolute Gasteiger partial charge is 0.340 e. The highest BCUT2D eigenvalue weighted by molar-refractivity contribution is 6.29. The second-order valence-electron chi connectivity index (χ2n) is 4.29. The van der Waals surface area contributed by atoms with E-state index in [2.05, 4.69) is 4.98 Å². The monoisotopic (exact) mass is 299 g/mol. The van der Waals surface area contributed by atoms with E-state index in [4.69, 9.17) is 22.1 Å². The molecule has 20 heavy (non-hydrogen) atoms. The number of hydrogen-bond donors (Lipinski definition) is 2. The van der Waals surface area contributed by atoms with Gasteiger partial charge in [-0.3, -0.25) is 10.1 Å². The minimum Gasteiger partial charge on any atom is -0.448 e. The van der Waals surface area contributed by atoms with Crippen LogP contribution in [-0.2, 0) is 9.53 Å². The van der Waals surface area contributed by atoms with Crippen LogP contribution in [-0.4, -0.2) is 29.0 Å². The molecule has 0 fully saturated rings. The van der Waals surface area contributed by atoms with Crippen molar-refractivity contribution in [2.24, 2.45) is 11.7 Å². The molecule has 0 aromatic carbocycles. The van der Waals surface area contributed by atoms with Crippen molar-refractivity contribution in [2.75, 3.05) is 0 Å². The van der Waals surface area contributed by atoms with E-state index in [9.17, 15) is 14.4 Å². The van der Waals surface area contributed by atoms with Crippen LogP contribution in [0.5, 0.6) is 0 Å². The quantitative estimate of drug-likeness (QED) is 0.639. The summed E-state index contributed by atoms with van der Waals surface area (Å²) in [6.07, 6.45) is 0.0966. The Morgan fingerprint density at radius 1 is 1.35 bits per heavy atom. The van der Waals surface area contributed by atoms with Crippen LogP contribution in [0.15, 0.2) is 18.3 Å². The van der Waals surface area contributed by atoms with Gasteiger partial charge in [-0.05, 0) is 18.1 Å². The number of nitrogens with one attached hydrogen (secondary N) is 1. The van der Waals surface area contributed by atoms with Gasteiger partial charge >= 0.3 is 12.0 Å². The number of urea groups is 1. The number of amides is 3. The predicted molar refractivity (Wildman–Crippen MR) is 71.0 cm³/mol. The molecule has 0 aliphatic carbocycles. The molecule has 1 atom stereocenters. The van der Waals surface area contributed by atoms with Crippen LogP contribution in [0.3, 0.4) is 0 Å². The Bertz CT molecular complexity index is 516. The first-order valence-electron chi connectivity index (χ1n) is 5.74. The largest absolute Gasteiger partial charge is 0.448 e. The van der Waals surface area contributed by atoms with E-state index in [-0.39, 0.29) is 16.6 Å². The Labute approximate surface area is 120 Å². The number of ether oxygens (including phenoxy) is 1. The fourth-order valence-corrected chi connectivity index (χ4v) is 1.48. The van der Waals surface area contributed by atoms with Crippen molar-refractivity contribution in [3.63, 3.8) is 0 Å². The van der Waals surface area contributed by atoms with Gasteiger partial charge in [0.25, 0.3) is 5.91 Å². The first kappa shape index (κ1) is 15.9. The predicted octanol–water partition coefficient (Wildman–Crippen LogP) is 1.11. The van der Waals surface area contributed by atoms with Crippen LogP contribution in [0.4, 0.5) is 4.79 Å². The molecule has 0 radical (unpaired) electrons. The van der Waals surface area contributed by atoms with Crippen molar-refractivity contribution in [1.82, 2.24) is 10.3 Å². The molecule has 8 heteroatoms. The highest BCUT2D eigenvalue weighted by atomic mass is 35.5.